The van der Waals surface area contributed by atoms with Crippen LogP contribution in [0.15, 0.2) is 11.8 Å². The average molecular weight is 250 g/mol. The largest absolute Gasteiger partial charge is 0.492 e. The number of carbonyl (C=O) groups is 1. The van der Waals surface area contributed by atoms with Gasteiger partial charge in [0.2, 0.25) is 0 Å². The fourth-order valence-corrected chi connectivity index (χ4v) is 1.17. The summed E-state index contributed by atoms with van der Waals surface area (Å²) in [6.07, 6.45) is 1.03. The lowest BCUT2D eigenvalue weighted by Gasteiger charge is -2.29. The first-order valence-electron chi connectivity index (χ1n) is 5.28. The Balaban J connectivity index is 5.10. The third kappa shape index (κ3) is 4.32. The molecule has 0 bridgehead atoms. The molecular weight excluding hydrogens is 231 g/mol. The van der Waals surface area contributed by atoms with Crippen molar-refractivity contribution in [2.75, 3.05) is 34.1 Å². The second kappa shape index (κ2) is 8.03. The lowest BCUT2D eigenvalue weighted by Crippen LogP contribution is -2.40. The molecule has 0 aromatic carbocycles. The first-order chi connectivity index (χ1) is 8.10. The van der Waals surface area contributed by atoms with Crippen LogP contribution in [0.4, 0.5) is 4.39 Å². The van der Waals surface area contributed by atoms with Gasteiger partial charge in [-0.2, -0.15) is 0 Å². The van der Waals surface area contributed by atoms with Crippen LogP contribution in [0.25, 0.3) is 0 Å². The normalized spacial score (nSPS) is 12.4. The van der Waals surface area contributed by atoms with Crippen molar-refractivity contribution in [1.82, 2.24) is 0 Å². The van der Waals surface area contributed by atoms with E-state index in [1.165, 1.54) is 14.2 Å². The SMILES string of the molecule is CCOC(=O)/C=C(\OCC)C(CF)(OC)OC. The summed E-state index contributed by atoms with van der Waals surface area (Å²) in [5.74, 6) is -2.39. The number of ether oxygens (including phenoxy) is 4. The number of hydrogen-bond donors (Lipinski definition) is 0. The van der Waals surface area contributed by atoms with Crippen molar-refractivity contribution >= 4 is 5.97 Å². The van der Waals surface area contributed by atoms with Gasteiger partial charge in [0, 0.05) is 14.2 Å². The fourth-order valence-electron chi connectivity index (χ4n) is 1.17. The molecule has 0 aromatic heterocycles. The molecule has 0 radical (unpaired) electrons. The minimum Gasteiger partial charge on any atom is -0.492 e. The molecule has 0 aliphatic carbocycles. The summed E-state index contributed by atoms with van der Waals surface area (Å²) in [5.41, 5.74) is 0. The standard InChI is InChI=1S/C11H19FO5/c1-5-16-9(7-10(13)17-6-2)11(8-12,14-3)15-4/h7H,5-6,8H2,1-4H3/b9-7-. The average Bonchev–Trinajstić information content (AvgIpc) is 2.32. The molecule has 17 heavy (non-hydrogen) atoms. The van der Waals surface area contributed by atoms with E-state index in [0.29, 0.717) is 0 Å². The molecule has 0 spiro atoms. The van der Waals surface area contributed by atoms with Gasteiger partial charge < -0.3 is 18.9 Å². The summed E-state index contributed by atoms with van der Waals surface area (Å²) in [7, 11) is 2.53. The lowest BCUT2D eigenvalue weighted by molar-refractivity contribution is -0.211. The van der Waals surface area contributed by atoms with Crippen molar-refractivity contribution in [2.45, 2.75) is 19.6 Å². The maximum atomic E-state index is 13.0. The molecule has 0 atom stereocenters. The molecule has 0 unspecified atom stereocenters. The molecular formula is C11H19FO5. The Morgan fingerprint density at radius 3 is 2.06 bits per heavy atom. The zero-order valence-electron chi connectivity index (χ0n) is 10.6. The van der Waals surface area contributed by atoms with E-state index in [9.17, 15) is 9.18 Å². The first-order valence-corrected chi connectivity index (χ1v) is 5.28. The number of carbonyl (C=O) groups excluding carboxylic acids is 1. The maximum absolute atomic E-state index is 13.0. The van der Waals surface area contributed by atoms with Crippen LogP contribution in [0, 0.1) is 0 Å². The van der Waals surface area contributed by atoms with Gasteiger partial charge in [-0.05, 0) is 13.8 Å². The Hall–Kier alpha value is -1.14. The number of rotatable bonds is 8. The quantitative estimate of drug-likeness (QED) is 0.282. The Morgan fingerprint density at radius 1 is 1.18 bits per heavy atom. The summed E-state index contributed by atoms with van der Waals surface area (Å²) in [6, 6.07) is 0. The molecule has 5 nitrogen and oxygen atoms in total. The van der Waals surface area contributed by atoms with E-state index < -0.39 is 18.4 Å². The van der Waals surface area contributed by atoms with E-state index in [2.05, 4.69) is 0 Å². The number of methoxy groups -OCH3 is 2. The summed E-state index contributed by atoms with van der Waals surface area (Å²) < 4.78 is 32.7. The van der Waals surface area contributed by atoms with Crippen LogP contribution in [-0.2, 0) is 23.7 Å². The molecule has 0 aliphatic heterocycles. The highest BCUT2D eigenvalue weighted by Crippen LogP contribution is 2.24. The minimum atomic E-state index is -1.71. The van der Waals surface area contributed by atoms with Crippen molar-refractivity contribution in [3.8, 4) is 0 Å². The summed E-state index contributed by atoms with van der Waals surface area (Å²) in [5, 5.41) is 0. The molecule has 0 saturated carbocycles. The Morgan fingerprint density at radius 2 is 1.71 bits per heavy atom. The van der Waals surface area contributed by atoms with Gasteiger partial charge in [0.15, 0.2) is 12.4 Å². The predicted molar refractivity (Wildman–Crippen MR) is 59.1 cm³/mol. The van der Waals surface area contributed by atoms with Crippen LogP contribution in [0.2, 0.25) is 0 Å². The molecule has 0 N–H and O–H groups in total. The van der Waals surface area contributed by atoms with Crippen LogP contribution in [0.5, 0.6) is 0 Å². The van der Waals surface area contributed by atoms with E-state index in [4.69, 9.17) is 18.9 Å². The van der Waals surface area contributed by atoms with Gasteiger partial charge >= 0.3 is 5.97 Å². The van der Waals surface area contributed by atoms with Crippen molar-refractivity contribution in [2.24, 2.45) is 0 Å². The lowest BCUT2D eigenvalue weighted by atomic mass is 10.2. The van der Waals surface area contributed by atoms with Gasteiger partial charge in [0.05, 0.1) is 19.3 Å². The number of esters is 1. The van der Waals surface area contributed by atoms with Crippen LogP contribution >= 0.6 is 0 Å². The highest BCUT2D eigenvalue weighted by atomic mass is 19.1. The van der Waals surface area contributed by atoms with Crippen molar-refractivity contribution < 1.29 is 28.1 Å². The topological polar surface area (TPSA) is 54.0 Å². The van der Waals surface area contributed by atoms with Gasteiger partial charge in [0.1, 0.15) is 0 Å². The summed E-state index contributed by atoms with van der Waals surface area (Å²) >= 11 is 0. The third-order valence-corrected chi connectivity index (χ3v) is 2.05. The molecule has 0 amide bonds. The molecule has 100 valence electrons. The zero-order chi connectivity index (χ0) is 13.3. The molecule has 0 aromatic rings. The molecule has 6 heteroatoms. The smallest absolute Gasteiger partial charge is 0.334 e. The Bertz CT molecular complexity index is 252. The molecule has 0 saturated heterocycles. The Kier molecular flexibility index (Phi) is 7.49. The zero-order valence-corrected chi connectivity index (χ0v) is 10.6. The molecule has 0 heterocycles. The van der Waals surface area contributed by atoms with Crippen LogP contribution in [-0.4, -0.2) is 45.9 Å². The maximum Gasteiger partial charge on any atom is 0.334 e. The van der Waals surface area contributed by atoms with E-state index in [0.717, 1.165) is 6.08 Å². The first kappa shape index (κ1) is 15.9. The molecule has 0 aliphatic rings. The van der Waals surface area contributed by atoms with Gasteiger partial charge in [-0.15, -0.1) is 0 Å². The summed E-state index contributed by atoms with van der Waals surface area (Å²) in [4.78, 5) is 11.3. The van der Waals surface area contributed by atoms with Crippen molar-refractivity contribution in [3.05, 3.63) is 11.8 Å². The second-order valence-electron chi connectivity index (χ2n) is 2.99. The summed E-state index contributed by atoms with van der Waals surface area (Å²) in [6.45, 7) is 2.86. The monoisotopic (exact) mass is 250 g/mol. The number of alkyl halides is 1. The van der Waals surface area contributed by atoms with Crippen LogP contribution in [0.1, 0.15) is 13.8 Å². The highest BCUT2D eigenvalue weighted by molar-refractivity contribution is 5.82. The van der Waals surface area contributed by atoms with Crippen molar-refractivity contribution in [3.63, 3.8) is 0 Å². The van der Waals surface area contributed by atoms with Crippen molar-refractivity contribution in [1.29, 1.82) is 0 Å². The van der Waals surface area contributed by atoms with Crippen LogP contribution < -0.4 is 0 Å². The highest BCUT2D eigenvalue weighted by Gasteiger charge is 2.37. The van der Waals surface area contributed by atoms with E-state index >= 15 is 0 Å². The van der Waals surface area contributed by atoms with Gasteiger partial charge in [-0.25, -0.2) is 9.18 Å². The van der Waals surface area contributed by atoms with Gasteiger partial charge in [0.25, 0.3) is 5.79 Å². The van der Waals surface area contributed by atoms with Gasteiger partial charge in [-0.3, -0.25) is 0 Å². The minimum absolute atomic E-state index is 0.0500. The van der Waals surface area contributed by atoms with E-state index in [1.54, 1.807) is 13.8 Å². The number of hydrogen-bond acceptors (Lipinski definition) is 5. The molecule has 0 fully saturated rings. The van der Waals surface area contributed by atoms with Gasteiger partial charge in [-0.1, -0.05) is 0 Å². The Labute approximate surface area is 100 Å². The fraction of sp³-hybridized carbons (Fsp3) is 0.727. The second-order valence-corrected chi connectivity index (χ2v) is 2.99. The van der Waals surface area contributed by atoms with E-state index in [1.807, 2.05) is 0 Å². The number of halogens is 1. The van der Waals surface area contributed by atoms with E-state index in [-0.39, 0.29) is 19.0 Å². The molecule has 0 rings (SSSR count). The predicted octanol–water partition coefficient (Wildman–Crippen LogP) is 1.43. The third-order valence-electron chi connectivity index (χ3n) is 2.05. The van der Waals surface area contributed by atoms with Crippen LogP contribution in [0.3, 0.4) is 0 Å².